The zero-order valence-electron chi connectivity index (χ0n) is 8.65. The molecule has 0 spiro atoms. The van der Waals surface area contributed by atoms with Crippen molar-refractivity contribution in [2.24, 2.45) is 0 Å². The summed E-state index contributed by atoms with van der Waals surface area (Å²) in [7, 11) is 0. The molecular formula is C13H8ClFO2. The van der Waals surface area contributed by atoms with E-state index in [1.165, 1.54) is 6.07 Å². The third-order valence-electron chi connectivity index (χ3n) is 2.37. The van der Waals surface area contributed by atoms with E-state index in [1.54, 1.807) is 30.3 Å². The van der Waals surface area contributed by atoms with Crippen molar-refractivity contribution in [3.63, 3.8) is 0 Å². The first-order chi connectivity index (χ1) is 8.09. The summed E-state index contributed by atoms with van der Waals surface area (Å²) >= 11 is 5.66. The molecule has 0 bridgehead atoms. The maximum atomic E-state index is 13.7. The average molecular weight is 251 g/mol. The van der Waals surface area contributed by atoms with Crippen molar-refractivity contribution in [1.29, 1.82) is 0 Å². The fourth-order valence-corrected chi connectivity index (χ4v) is 1.78. The standard InChI is InChI=1S/C13H8ClFO2/c14-11-7-12(15)9(6-10(11)13(16)17)8-4-2-1-3-5-8/h1-7H,(H,16,17). The predicted octanol–water partition coefficient (Wildman–Crippen LogP) is 3.84. The van der Waals surface area contributed by atoms with Gasteiger partial charge in [0.15, 0.2) is 0 Å². The fraction of sp³-hybridized carbons (Fsp3) is 0. The minimum Gasteiger partial charge on any atom is -0.478 e. The van der Waals surface area contributed by atoms with E-state index in [9.17, 15) is 9.18 Å². The Morgan fingerprint density at radius 3 is 2.41 bits per heavy atom. The van der Waals surface area contributed by atoms with Crippen molar-refractivity contribution in [3.8, 4) is 11.1 Å². The van der Waals surface area contributed by atoms with Crippen molar-refractivity contribution < 1.29 is 14.3 Å². The van der Waals surface area contributed by atoms with Crippen LogP contribution in [0.1, 0.15) is 10.4 Å². The summed E-state index contributed by atoms with van der Waals surface area (Å²) in [4.78, 5) is 10.9. The van der Waals surface area contributed by atoms with Crippen LogP contribution in [0.15, 0.2) is 42.5 Å². The first-order valence-electron chi connectivity index (χ1n) is 4.87. The molecule has 0 atom stereocenters. The molecule has 0 amide bonds. The predicted molar refractivity (Wildman–Crippen MR) is 63.8 cm³/mol. The molecule has 0 saturated carbocycles. The van der Waals surface area contributed by atoms with E-state index in [2.05, 4.69) is 0 Å². The number of carbonyl (C=O) groups is 1. The molecule has 2 rings (SSSR count). The lowest BCUT2D eigenvalue weighted by Crippen LogP contribution is -1.99. The maximum absolute atomic E-state index is 13.7. The lowest BCUT2D eigenvalue weighted by molar-refractivity contribution is 0.0697. The zero-order valence-corrected chi connectivity index (χ0v) is 9.41. The number of rotatable bonds is 2. The smallest absolute Gasteiger partial charge is 0.337 e. The van der Waals surface area contributed by atoms with Crippen molar-refractivity contribution in [2.45, 2.75) is 0 Å². The van der Waals surface area contributed by atoms with Gasteiger partial charge in [0.1, 0.15) is 5.82 Å². The molecule has 0 aliphatic heterocycles. The molecule has 2 aromatic rings. The summed E-state index contributed by atoms with van der Waals surface area (Å²) in [5.41, 5.74) is 0.739. The first-order valence-corrected chi connectivity index (χ1v) is 5.25. The van der Waals surface area contributed by atoms with Crippen molar-refractivity contribution >= 4 is 17.6 Å². The number of halogens is 2. The molecule has 0 heterocycles. The van der Waals surface area contributed by atoms with E-state index in [0.29, 0.717) is 5.56 Å². The van der Waals surface area contributed by atoms with Crippen LogP contribution in [0.4, 0.5) is 4.39 Å². The highest BCUT2D eigenvalue weighted by Gasteiger charge is 2.14. The molecule has 86 valence electrons. The van der Waals surface area contributed by atoms with Gasteiger partial charge in [-0.15, -0.1) is 0 Å². The summed E-state index contributed by atoms with van der Waals surface area (Å²) in [6.45, 7) is 0. The Labute approximate surface area is 102 Å². The number of aromatic carboxylic acids is 1. The molecule has 0 radical (unpaired) electrons. The number of hydrogen-bond donors (Lipinski definition) is 1. The highest BCUT2D eigenvalue weighted by molar-refractivity contribution is 6.33. The Bertz CT molecular complexity index is 567. The Hall–Kier alpha value is -1.87. The second-order valence-corrected chi connectivity index (χ2v) is 3.89. The second-order valence-electron chi connectivity index (χ2n) is 3.48. The molecule has 0 saturated heterocycles. The number of hydrogen-bond acceptors (Lipinski definition) is 1. The van der Waals surface area contributed by atoms with Crippen LogP contribution in [0.25, 0.3) is 11.1 Å². The van der Waals surface area contributed by atoms with Gasteiger partial charge in [-0.05, 0) is 17.7 Å². The van der Waals surface area contributed by atoms with Crippen LogP contribution in [0.2, 0.25) is 5.02 Å². The fourth-order valence-electron chi connectivity index (χ4n) is 1.55. The summed E-state index contributed by atoms with van der Waals surface area (Å²) in [6.07, 6.45) is 0. The summed E-state index contributed by atoms with van der Waals surface area (Å²) in [5.74, 6) is -1.71. The molecule has 0 unspecified atom stereocenters. The second kappa shape index (κ2) is 4.55. The minimum absolute atomic E-state index is 0.102. The minimum atomic E-state index is -1.17. The van der Waals surface area contributed by atoms with Gasteiger partial charge in [0.05, 0.1) is 10.6 Å². The average Bonchev–Trinajstić information content (AvgIpc) is 2.29. The van der Waals surface area contributed by atoms with Crippen LogP contribution in [-0.4, -0.2) is 11.1 Å². The van der Waals surface area contributed by atoms with E-state index in [4.69, 9.17) is 16.7 Å². The van der Waals surface area contributed by atoms with Gasteiger partial charge in [-0.25, -0.2) is 9.18 Å². The summed E-state index contributed by atoms with van der Waals surface area (Å²) in [6, 6.07) is 11.0. The molecule has 0 aliphatic carbocycles. The van der Waals surface area contributed by atoms with Gasteiger partial charge < -0.3 is 5.11 Å². The van der Waals surface area contributed by atoms with E-state index in [1.807, 2.05) is 0 Å². The molecule has 0 fully saturated rings. The number of benzene rings is 2. The van der Waals surface area contributed by atoms with E-state index >= 15 is 0 Å². The molecule has 4 heteroatoms. The quantitative estimate of drug-likeness (QED) is 0.879. The third-order valence-corrected chi connectivity index (χ3v) is 2.68. The van der Waals surface area contributed by atoms with Gasteiger partial charge in [-0.2, -0.15) is 0 Å². The van der Waals surface area contributed by atoms with Gasteiger partial charge in [0.2, 0.25) is 0 Å². The number of carboxylic acids is 1. The van der Waals surface area contributed by atoms with E-state index in [-0.39, 0.29) is 16.1 Å². The van der Waals surface area contributed by atoms with Crippen LogP contribution in [0, 0.1) is 5.82 Å². The molecule has 0 aliphatic rings. The Morgan fingerprint density at radius 2 is 1.82 bits per heavy atom. The van der Waals surface area contributed by atoms with Crippen LogP contribution in [-0.2, 0) is 0 Å². The molecule has 2 nitrogen and oxygen atoms in total. The van der Waals surface area contributed by atoms with Crippen molar-refractivity contribution in [3.05, 3.63) is 58.9 Å². The normalized spacial score (nSPS) is 10.2. The highest BCUT2D eigenvalue weighted by atomic mass is 35.5. The topological polar surface area (TPSA) is 37.3 Å². The van der Waals surface area contributed by atoms with Gasteiger partial charge in [0, 0.05) is 5.56 Å². The molecule has 0 aromatic heterocycles. The Kier molecular flexibility index (Phi) is 3.11. The van der Waals surface area contributed by atoms with E-state index < -0.39 is 11.8 Å². The SMILES string of the molecule is O=C(O)c1cc(-c2ccccc2)c(F)cc1Cl. The van der Waals surface area contributed by atoms with Gasteiger partial charge in [-0.3, -0.25) is 0 Å². The zero-order chi connectivity index (χ0) is 12.4. The van der Waals surface area contributed by atoms with Crippen LogP contribution < -0.4 is 0 Å². The largest absolute Gasteiger partial charge is 0.478 e. The van der Waals surface area contributed by atoms with Gasteiger partial charge in [0.25, 0.3) is 0 Å². The van der Waals surface area contributed by atoms with Crippen LogP contribution in [0.5, 0.6) is 0 Å². The van der Waals surface area contributed by atoms with E-state index in [0.717, 1.165) is 6.07 Å². The highest BCUT2D eigenvalue weighted by Crippen LogP contribution is 2.28. The van der Waals surface area contributed by atoms with Gasteiger partial charge in [-0.1, -0.05) is 41.9 Å². The summed E-state index contributed by atoms with van der Waals surface area (Å²) in [5, 5.41) is 8.82. The third kappa shape index (κ3) is 2.29. The van der Waals surface area contributed by atoms with Crippen LogP contribution in [0.3, 0.4) is 0 Å². The Balaban J connectivity index is 2.63. The lowest BCUT2D eigenvalue weighted by atomic mass is 10.0. The maximum Gasteiger partial charge on any atom is 0.337 e. The van der Waals surface area contributed by atoms with Crippen molar-refractivity contribution in [2.75, 3.05) is 0 Å². The lowest BCUT2D eigenvalue weighted by Gasteiger charge is -2.06. The molecule has 1 N–H and O–H groups in total. The summed E-state index contributed by atoms with van der Waals surface area (Å²) < 4.78 is 13.7. The molecular weight excluding hydrogens is 243 g/mol. The van der Waals surface area contributed by atoms with Crippen molar-refractivity contribution in [1.82, 2.24) is 0 Å². The Morgan fingerprint density at radius 1 is 1.18 bits per heavy atom. The number of carboxylic acid groups (broad SMARTS) is 1. The monoisotopic (exact) mass is 250 g/mol. The molecule has 17 heavy (non-hydrogen) atoms. The van der Waals surface area contributed by atoms with Gasteiger partial charge >= 0.3 is 5.97 Å². The molecule has 2 aromatic carbocycles. The van der Waals surface area contributed by atoms with Crippen LogP contribution >= 0.6 is 11.6 Å². The first kappa shape index (κ1) is 11.6.